The number of hydrazine groups is 1. The third-order valence-electron chi connectivity index (χ3n) is 7.86. The second-order valence-electron chi connectivity index (χ2n) is 11.3. The minimum Gasteiger partial charge on any atom is -0.494 e. The summed E-state index contributed by atoms with van der Waals surface area (Å²) in [5.41, 5.74) is 13.7. The smallest absolute Gasteiger partial charge is 0.416 e. The van der Waals surface area contributed by atoms with Crippen LogP contribution in [0.1, 0.15) is 45.9 Å². The van der Waals surface area contributed by atoms with Gasteiger partial charge < -0.3 is 14.6 Å². The lowest BCUT2D eigenvalue weighted by atomic mass is 9.81. The van der Waals surface area contributed by atoms with Gasteiger partial charge in [-0.2, -0.15) is 13.2 Å². The average Bonchev–Trinajstić information content (AvgIpc) is 3.48. The van der Waals surface area contributed by atoms with E-state index in [1.165, 1.54) is 0 Å². The van der Waals surface area contributed by atoms with E-state index < -0.39 is 35.1 Å². The second-order valence-corrected chi connectivity index (χ2v) is 12.2. The lowest BCUT2D eigenvalue weighted by Gasteiger charge is -2.31. The zero-order chi connectivity index (χ0) is 35.7. The molecule has 1 amide bonds. The molecule has 260 valence electrons. The molecule has 4 aromatic rings. The first-order chi connectivity index (χ1) is 24.0. The zero-order valence-corrected chi connectivity index (χ0v) is 27.9. The van der Waals surface area contributed by atoms with Crippen molar-refractivity contribution in [2.45, 2.75) is 43.8 Å². The average molecular weight is 756 g/mol. The molecule has 1 aliphatic rings. The van der Waals surface area contributed by atoms with Crippen molar-refractivity contribution in [3.8, 4) is 5.75 Å². The van der Waals surface area contributed by atoms with Crippen LogP contribution >= 0.6 is 15.9 Å². The number of alkyl halides is 3. The number of hydrogen-bond donors (Lipinski definition) is 3. The molecule has 50 heavy (non-hydrogen) atoms. The minimum atomic E-state index is -4.76. The van der Waals surface area contributed by atoms with Gasteiger partial charge in [0.25, 0.3) is 5.91 Å². The molecular formula is C35H31BrF4N6O4. The number of aliphatic hydroxyl groups excluding tert-OH is 1. The highest BCUT2D eigenvalue weighted by atomic mass is 79.9. The third kappa shape index (κ3) is 8.79. The molecule has 15 heteroatoms. The van der Waals surface area contributed by atoms with E-state index >= 15 is 0 Å². The summed E-state index contributed by atoms with van der Waals surface area (Å²) in [5.74, 6) is -1.07. The summed E-state index contributed by atoms with van der Waals surface area (Å²) in [6.07, 6.45) is -5.35. The minimum absolute atomic E-state index is 0.00184. The summed E-state index contributed by atoms with van der Waals surface area (Å²) in [6, 6.07) is 23.2. The Balaban J connectivity index is 1.55. The van der Waals surface area contributed by atoms with Crippen molar-refractivity contribution in [3.63, 3.8) is 0 Å². The molecule has 1 aliphatic heterocycles. The molecular weight excluding hydrogens is 724 g/mol. The largest absolute Gasteiger partial charge is 0.494 e. The van der Waals surface area contributed by atoms with Gasteiger partial charge in [-0.15, -0.1) is 0 Å². The molecule has 0 fully saturated rings. The molecule has 0 bridgehead atoms. The molecule has 5 rings (SSSR count). The maximum Gasteiger partial charge on any atom is 0.416 e. The summed E-state index contributed by atoms with van der Waals surface area (Å²) in [6.45, 7) is -0.0320. The van der Waals surface area contributed by atoms with E-state index in [4.69, 9.17) is 25.1 Å². The fraction of sp³-hybridized carbons (Fsp3) is 0.257. The third-order valence-corrected chi connectivity index (χ3v) is 8.39. The number of azide groups is 1. The number of ether oxygens (including phenoxy) is 2. The Hall–Kier alpha value is -4.95. The molecule has 3 N–H and O–H groups in total. The van der Waals surface area contributed by atoms with Gasteiger partial charge in [0, 0.05) is 40.9 Å². The maximum atomic E-state index is 14.5. The Kier molecular flexibility index (Phi) is 11.8. The number of amides is 1. The molecule has 0 aliphatic carbocycles. The highest BCUT2D eigenvalue weighted by Gasteiger charge is 2.53. The highest BCUT2D eigenvalue weighted by molar-refractivity contribution is 9.10. The molecule has 0 radical (unpaired) electrons. The van der Waals surface area contributed by atoms with Crippen molar-refractivity contribution in [3.05, 3.63) is 145 Å². The predicted molar refractivity (Wildman–Crippen MR) is 180 cm³/mol. The number of hydrogen-bond acceptors (Lipinski definition) is 7. The van der Waals surface area contributed by atoms with Crippen LogP contribution in [0, 0.1) is 5.82 Å². The van der Waals surface area contributed by atoms with Gasteiger partial charge in [-0.1, -0.05) is 57.4 Å². The quantitative estimate of drug-likeness (QED) is 0.0306. The van der Waals surface area contributed by atoms with E-state index in [0.29, 0.717) is 47.1 Å². The van der Waals surface area contributed by atoms with Crippen LogP contribution in [-0.2, 0) is 35.2 Å². The molecule has 2 atom stereocenters. The van der Waals surface area contributed by atoms with Gasteiger partial charge in [-0.25, -0.2) is 14.8 Å². The number of nitrogens with one attached hydrogen (secondary N) is 2. The molecule has 0 aromatic heterocycles. The van der Waals surface area contributed by atoms with Gasteiger partial charge in [0.15, 0.2) is 11.6 Å². The van der Waals surface area contributed by atoms with Gasteiger partial charge >= 0.3 is 6.18 Å². The highest BCUT2D eigenvalue weighted by Crippen LogP contribution is 2.43. The van der Waals surface area contributed by atoms with Gasteiger partial charge in [-0.05, 0) is 82.4 Å². The number of halogens is 5. The number of carbonyl (C=O) groups excluding carboxylic acids is 1. The van der Waals surface area contributed by atoms with Gasteiger partial charge in [-0.3, -0.25) is 10.2 Å². The van der Waals surface area contributed by atoms with Crippen molar-refractivity contribution in [2.24, 2.45) is 10.1 Å². The fourth-order valence-electron chi connectivity index (χ4n) is 5.45. The van der Waals surface area contributed by atoms with E-state index in [-0.39, 0.29) is 37.6 Å². The van der Waals surface area contributed by atoms with Gasteiger partial charge in [0.1, 0.15) is 11.6 Å². The lowest BCUT2D eigenvalue weighted by Crippen LogP contribution is -2.53. The first-order valence-electron chi connectivity index (χ1n) is 15.4. The number of nitrogens with zero attached hydrogens (tertiary/aromatic N) is 4. The Morgan fingerprint density at radius 3 is 2.46 bits per heavy atom. The van der Waals surface area contributed by atoms with Gasteiger partial charge in [0.2, 0.25) is 5.90 Å². The summed E-state index contributed by atoms with van der Waals surface area (Å²) in [4.78, 5) is 22.3. The Morgan fingerprint density at radius 2 is 1.78 bits per heavy atom. The number of carbonyl (C=O) groups is 1. The van der Waals surface area contributed by atoms with Crippen LogP contribution in [0.15, 0.2) is 106 Å². The summed E-state index contributed by atoms with van der Waals surface area (Å²) in [7, 11) is 0. The second kappa shape index (κ2) is 16.2. The normalized spacial score (nSPS) is 17.0. The first kappa shape index (κ1) is 36.3. The number of rotatable bonds is 14. The molecule has 0 saturated heterocycles. The van der Waals surface area contributed by atoms with Crippen molar-refractivity contribution in [1.29, 1.82) is 0 Å². The standard InChI is InChI=1S/C35H31BrF4N6O4/c36-28-10-6-23(7-11-28)31-34(19-25-4-1-2-5-26(25)21-43-46-41,44-32(50-31)24-8-12-30(13-9-24)49-15-3-14-47)33(48)45-42-20-22-16-27(35(38,39)40)18-29(37)17-22/h1-2,4-13,16-18,31,42,47H,3,14-15,19-21H2,(H,45,48)/t31-,34-/m0/s1. The molecule has 0 unspecified atom stereocenters. The number of benzene rings is 4. The zero-order valence-electron chi connectivity index (χ0n) is 26.3. The maximum absolute atomic E-state index is 14.5. The van der Waals surface area contributed by atoms with Crippen LogP contribution in [-0.4, -0.2) is 35.7 Å². The fourth-order valence-corrected chi connectivity index (χ4v) is 5.72. The van der Waals surface area contributed by atoms with E-state index in [2.05, 4.69) is 36.8 Å². The summed E-state index contributed by atoms with van der Waals surface area (Å²) in [5, 5.41) is 12.8. The van der Waals surface area contributed by atoms with Crippen LogP contribution in [0.4, 0.5) is 17.6 Å². The summed E-state index contributed by atoms with van der Waals surface area (Å²) < 4.78 is 67.0. The Labute approximate surface area is 292 Å². The Morgan fingerprint density at radius 1 is 1.06 bits per heavy atom. The molecule has 10 nitrogen and oxygen atoms in total. The predicted octanol–water partition coefficient (Wildman–Crippen LogP) is 7.50. The van der Waals surface area contributed by atoms with Crippen LogP contribution in [0.3, 0.4) is 0 Å². The molecule has 0 spiro atoms. The first-order valence-corrected chi connectivity index (χ1v) is 16.2. The van der Waals surface area contributed by atoms with E-state index in [1.807, 2.05) is 0 Å². The van der Waals surface area contributed by atoms with Crippen molar-refractivity contribution >= 4 is 27.7 Å². The monoisotopic (exact) mass is 754 g/mol. The van der Waals surface area contributed by atoms with Crippen molar-refractivity contribution < 1.29 is 36.9 Å². The van der Waals surface area contributed by atoms with Gasteiger partial charge in [0.05, 0.1) is 18.7 Å². The summed E-state index contributed by atoms with van der Waals surface area (Å²) >= 11 is 3.43. The topological polar surface area (TPSA) is 141 Å². The van der Waals surface area contributed by atoms with Crippen LogP contribution in [0.25, 0.3) is 10.4 Å². The van der Waals surface area contributed by atoms with Crippen molar-refractivity contribution in [2.75, 3.05) is 13.2 Å². The molecule has 4 aromatic carbocycles. The number of aliphatic hydroxyl groups is 1. The van der Waals surface area contributed by atoms with Crippen LogP contribution < -0.4 is 15.6 Å². The van der Waals surface area contributed by atoms with E-state index in [9.17, 15) is 22.4 Å². The molecule has 0 saturated carbocycles. The SMILES string of the molecule is [N-]=[N+]=NCc1ccccc1C[C@]1(C(=O)NNCc2cc(F)cc(C(F)(F)F)c2)N=C(c2ccc(OCCCO)cc2)O[C@H]1c1ccc(Br)cc1. The Bertz CT molecular complexity index is 1890. The van der Waals surface area contributed by atoms with Crippen molar-refractivity contribution in [1.82, 2.24) is 10.9 Å². The number of aliphatic imine (C=N–C) groups is 1. The van der Waals surface area contributed by atoms with E-state index in [0.717, 1.165) is 16.6 Å². The van der Waals surface area contributed by atoms with Crippen LogP contribution in [0.5, 0.6) is 5.75 Å². The lowest BCUT2D eigenvalue weighted by molar-refractivity contribution is -0.138. The van der Waals surface area contributed by atoms with Crippen LogP contribution in [0.2, 0.25) is 0 Å². The van der Waals surface area contributed by atoms with E-state index in [1.54, 1.807) is 72.8 Å². The molecule has 1 heterocycles.